The van der Waals surface area contributed by atoms with E-state index in [1.54, 1.807) is 7.11 Å². The van der Waals surface area contributed by atoms with Gasteiger partial charge in [0, 0.05) is 13.7 Å². The first-order chi connectivity index (χ1) is 6.33. The predicted octanol–water partition coefficient (Wildman–Crippen LogP) is 2.27. The molecule has 2 nitrogen and oxygen atoms in total. The maximum atomic E-state index is 5.66. The molecule has 3 heteroatoms. The molecule has 0 aromatic heterocycles. The average molecular weight is 200 g/mol. The van der Waals surface area contributed by atoms with E-state index >= 15 is 0 Å². The molecule has 0 N–H and O–H groups in total. The third kappa shape index (κ3) is 3.41. The van der Waals surface area contributed by atoms with Crippen molar-refractivity contribution in [3.63, 3.8) is 0 Å². The average Bonchev–Trinajstić information content (AvgIpc) is 2.09. The van der Waals surface area contributed by atoms with E-state index in [2.05, 4.69) is 6.92 Å². The molecule has 0 heterocycles. The predicted molar refractivity (Wildman–Crippen MR) is 55.0 cm³/mol. The van der Waals surface area contributed by atoms with Gasteiger partial charge in [-0.1, -0.05) is 13.3 Å². The van der Waals surface area contributed by atoms with Crippen molar-refractivity contribution < 1.29 is 9.16 Å². The van der Waals surface area contributed by atoms with Gasteiger partial charge in [-0.2, -0.15) is 0 Å². The van der Waals surface area contributed by atoms with E-state index < -0.39 is 0 Å². The molecule has 0 amide bonds. The van der Waals surface area contributed by atoms with E-state index in [4.69, 9.17) is 9.16 Å². The third-order valence-electron chi connectivity index (χ3n) is 3.07. The number of hydrogen-bond acceptors (Lipinski definition) is 2. The molecule has 0 unspecified atom stereocenters. The molecule has 13 heavy (non-hydrogen) atoms. The minimum Gasteiger partial charge on any atom is -0.420 e. The third-order valence-corrected chi connectivity index (χ3v) is 3.76. The van der Waals surface area contributed by atoms with Gasteiger partial charge in [-0.25, -0.2) is 0 Å². The van der Waals surface area contributed by atoms with Crippen molar-refractivity contribution in [2.24, 2.45) is 5.41 Å². The Kier molecular flexibility index (Phi) is 4.99. The van der Waals surface area contributed by atoms with Gasteiger partial charge in [-0.3, -0.25) is 0 Å². The van der Waals surface area contributed by atoms with E-state index in [0.717, 1.165) is 19.3 Å². The number of rotatable bonds is 7. The SMILES string of the molecule is CCC1(COCC[Si]OC)CCC1. The zero-order valence-corrected chi connectivity index (χ0v) is 9.77. The summed E-state index contributed by atoms with van der Waals surface area (Å²) in [5.74, 6) is 0. The summed E-state index contributed by atoms with van der Waals surface area (Å²) >= 11 is 0. The molecule has 2 radical (unpaired) electrons. The minimum atomic E-state index is 0.552. The lowest BCUT2D eigenvalue weighted by Crippen LogP contribution is -2.33. The second kappa shape index (κ2) is 5.78. The van der Waals surface area contributed by atoms with Gasteiger partial charge in [0.25, 0.3) is 0 Å². The highest BCUT2D eigenvalue weighted by Crippen LogP contribution is 2.43. The maximum Gasteiger partial charge on any atom is 0.231 e. The first kappa shape index (κ1) is 11.2. The quantitative estimate of drug-likeness (QED) is 0.463. The highest BCUT2D eigenvalue weighted by molar-refractivity contribution is 6.26. The van der Waals surface area contributed by atoms with Crippen LogP contribution in [-0.2, 0) is 9.16 Å². The van der Waals surface area contributed by atoms with Gasteiger partial charge in [0.1, 0.15) is 0 Å². The molecule has 1 saturated carbocycles. The van der Waals surface area contributed by atoms with Gasteiger partial charge in [0.2, 0.25) is 9.76 Å². The topological polar surface area (TPSA) is 18.5 Å². The molecule has 0 bridgehead atoms. The normalized spacial score (nSPS) is 19.8. The molecule has 1 rings (SSSR count). The molecule has 76 valence electrons. The Morgan fingerprint density at radius 1 is 1.38 bits per heavy atom. The summed E-state index contributed by atoms with van der Waals surface area (Å²) in [4.78, 5) is 0. The van der Waals surface area contributed by atoms with Crippen molar-refractivity contribution >= 4 is 9.76 Å². The summed E-state index contributed by atoms with van der Waals surface area (Å²) < 4.78 is 10.6. The fourth-order valence-electron chi connectivity index (χ4n) is 1.78. The number of ether oxygens (including phenoxy) is 1. The summed E-state index contributed by atoms with van der Waals surface area (Å²) in [6.45, 7) is 4.12. The van der Waals surface area contributed by atoms with Crippen LogP contribution in [0.2, 0.25) is 6.04 Å². The molecule has 1 fully saturated rings. The highest BCUT2D eigenvalue weighted by atomic mass is 28.2. The van der Waals surface area contributed by atoms with Crippen LogP contribution in [0.15, 0.2) is 0 Å². The lowest BCUT2D eigenvalue weighted by atomic mass is 9.68. The molecular weight excluding hydrogens is 180 g/mol. The van der Waals surface area contributed by atoms with Crippen molar-refractivity contribution in [1.29, 1.82) is 0 Å². The van der Waals surface area contributed by atoms with Crippen LogP contribution in [0, 0.1) is 5.41 Å². The Balaban J connectivity index is 1.98. The van der Waals surface area contributed by atoms with E-state index in [1.807, 2.05) is 0 Å². The molecule has 0 aromatic rings. The Bertz CT molecular complexity index is 129. The van der Waals surface area contributed by atoms with Crippen LogP contribution in [-0.4, -0.2) is 30.1 Å². The largest absolute Gasteiger partial charge is 0.420 e. The van der Waals surface area contributed by atoms with E-state index in [9.17, 15) is 0 Å². The standard InChI is InChI=1S/C10H20O2Si/c1-3-10(5-4-6-10)9-12-7-8-13-11-2/h3-9H2,1-2H3. The van der Waals surface area contributed by atoms with E-state index in [-0.39, 0.29) is 0 Å². The number of hydrogen-bond donors (Lipinski definition) is 0. The van der Waals surface area contributed by atoms with Gasteiger partial charge in [-0.15, -0.1) is 0 Å². The maximum absolute atomic E-state index is 5.66. The molecule has 0 atom stereocenters. The van der Waals surface area contributed by atoms with Gasteiger partial charge in [0.15, 0.2) is 0 Å². The minimum absolute atomic E-state index is 0.552. The molecular formula is C10H20O2Si. The molecule has 0 saturated heterocycles. The molecule has 1 aliphatic carbocycles. The summed E-state index contributed by atoms with van der Waals surface area (Å²) in [7, 11) is 2.35. The molecule has 0 spiro atoms. The Morgan fingerprint density at radius 2 is 2.15 bits per heavy atom. The first-order valence-corrected chi connectivity index (χ1v) is 6.28. The Morgan fingerprint density at radius 3 is 2.62 bits per heavy atom. The Hall–Kier alpha value is 0.137. The van der Waals surface area contributed by atoms with Crippen LogP contribution >= 0.6 is 0 Å². The summed E-state index contributed by atoms with van der Waals surface area (Å²) in [6.07, 6.45) is 5.42. The van der Waals surface area contributed by atoms with Crippen molar-refractivity contribution in [3.05, 3.63) is 0 Å². The zero-order chi connectivity index (χ0) is 9.57. The van der Waals surface area contributed by atoms with Crippen molar-refractivity contribution in [2.75, 3.05) is 20.3 Å². The van der Waals surface area contributed by atoms with E-state index in [0.29, 0.717) is 15.2 Å². The van der Waals surface area contributed by atoms with Crippen LogP contribution in [0.1, 0.15) is 32.6 Å². The highest BCUT2D eigenvalue weighted by Gasteiger charge is 2.34. The second-order valence-corrected chi connectivity index (χ2v) is 5.06. The fraction of sp³-hybridized carbons (Fsp3) is 1.00. The van der Waals surface area contributed by atoms with Crippen LogP contribution < -0.4 is 0 Å². The first-order valence-electron chi connectivity index (χ1n) is 5.16. The van der Waals surface area contributed by atoms with Crippen molar-refractivity contribution in [3.8, 4) is 0 Å². The van der Waals surface area contributed by atoms with Crippen LogP contribution in [0.3, 0.4) is 0 Å². The van der Waals surface area contributed by atoms with Gasteiger partial charge < -0.3 is 9.16 Å². The Labute approximate surface area is 83.9 Å². The molecule has 1 aliphatic rings. The zero-order valence-electron chi connectivity index (χ0n) is 8.77. The second-order valence-electron chi connectivity index (χ2n) is 3.86. The van der Waals surface area contributed by atoms with Crippen molar-refractivity contribution in [2.45, 2.75) is 38.7 Å². The molecule has 0 aliphatic heterocycles. The summed E-state index contributed by atoms with van der Waals surface area (Å²) in [5.41, 5.74) is 0.552. The summed E-state index contributed by atoms with van der Waals surface area (Å²) in [5, 5.41) is 0. The van der Waals surface area contributed by atoms with Crippen LogP contribution in [0.25, 0.3) is 0 Å². The smallest absolute Gasteiger partial charge is 0.231 e. The van der Waals surface area contributed by atoms with Crippen LogP contribution in [0.5, 0.6) is 0 Å². The van der Waals surface area contributed by atoms with Gasteiger partial charge in [-0.05, 0) is 30.7 Å². The molecule has 0 aromatic carbocycles. The lowest BCUT2D eigenvalue weighted by molar-refractivity contribution is -0.00446. The van der Waals surface area contributed by atoms with Gasteiger partial charge in [0.05, 0.1) is 6.61 Å². The van der Waals surface area contributed by atoms with Crippen LogP contribution in [0.4, 0.5) is 0 Å². The fourth-order valence-corrected chi connectivity index (χ4v) is 2.21. The van der Waals surface area contributed by atoms with Crippen molar-refractivity contribution in [1.82, 2.24) is 0 Å². The van der Waals surface area contributed by atoms with Gasteiger partial charge >= 0.3 is 0 Å². The monoisotopic (exact) mass is 200 g/mol. The lowest BCUT2D eigenvalue weighted by Gasteiger charge is -2.40. The summed E-state index contributed by atoms with van der Waals surface area (Å²) in [6, 6.07) is 1.05. The van der Waals surface area contributed by atoms with E-state index in [1.165, 1.54) is 25.7 Å².